The summed E-state index contributed by atoms with van der Waals surface area (Å²) >= 11 is 0. The Hall–Kier alpha value is -1.62. The van der Waals surface area contributed by atoms with E-state index in [1.807, 2.05) is 7.05 Å². The molecule has 0 bridgehead atoms. The summed E-state index contributed by atoms with van der Waals surface area (Å²) in [6.45, 7) is 5.41. The molecule has 0 unspecified atom stereocenters. The van der Waals surface area contributed by atoms with Crippen LogP contribution in [0, 0.1) is 0 Å². The van der Waals surface area contributed by atoms with Gasteiger partial charge in [-0.3, -0.25) is 9.59 Å². The molecular weight excluding hydrogens is 254 g/mol. The first-order valence-corrected chi connectivity index (χ1v) is 7.30. The molecule has 110 valence electrons. The first kappa shape index (κ1) is 14.8. The average molecular weight is 277 g/mol. The van der Waals surface area contributed by atoms with E-state index in [0.717, 1.165) is 32.5 Å². The van der Waals surface area contributed by atoms with Crippen molar-refractivity contribution in [3.05, 3.63) is 34.2 Å². The first-order valence-electron chi connectivity index (χ1n) is 7.30. The summed E-state index contributed by atoms with van der Waals surface area (Å²) in [6.07, 6.45) is 3.17. The summed E-state index contributed by atoms with van der Waals surface area (Å²) in [5.41, 5.74) is 0.137. The molecule has 1 aliphatic heterocycles. The molecular formula is C15H23N3O2. The van der Waals surface area contributed by atoms with Crippen LogP contribution < -0.4 is 5.56 Å². The quantitative estimate of drug-likeness (QED) is 0.903. The van der Waals surface area contributed by atoms with E-state index in [1.54, 1.807) is 17.0 Å². The minimum atomic E-state index is -0.234. The van der Waals surface area contributed by atoms with Crippen molar-refractivity contribution in [1.82, 2.24) is 14.8 Å². The highest BCUT2D eigenvalue weighted by Gasteiger charge is 2.25. The molecule has 1 amide bonds. The Bertz CT molecular complexity index is 504. The van der Waals surface area contributed by atoms with Gasteiger partial charge in [0, 0.05) is 32.2 Å². The van der Waals surface area contributed by atoms with Crippen LogP contribution >= 0.6 is 0 Å². The molecule has 2 heterocycles. The molecule has 1 aromatic heterocycles. The highest BCUT2D eigenvalue weighted by atomic mass is 16.2. The van der Waals surface area contributed by atoms with Crippen molar-refractivity contribution in [1.29, 1.82) is 0 Å². The fraction of sp³-hybridized carbons (Fsp3) is 0.600. The first-order chi connectivity index (χ1) is 9.61. The van der Waals surface area contributed by atoms with Crippen LogP contribution in [-0.4, -0.2) is 53.4 Å². The van der Waals surface area contributed by atoms with Crippen LogP contribution in [-0.2, 0) is 0 Å². The summed E-state index contributed by atoms with van der Waals surface area (Å²) in [5.74, 6) is -0.100. The maximum atomic E-state index is 12.3. The van der Waals surface area contributed by atoms with E-state index in [4.69, 9.17) is 0 Å². The number of H-pyrrole nitrogens is 1. The van der Waals surface area contributed by atoms with E-state index in [-0.39, 0.29) is 17.5 Å². The molecule has 1 fully saturated rings. The third kappa shape index (κ3) is 3.48. The maximum Gasteiger partial charge on any atom is 0.270 e. The van der Waals surface area contributed by atoms with Gasteiger partial charge >= 0.3 is 0 Å². The minimum absolute atomic E-state index is 0.100. The maximum absolute atomic E-state index is 12.3. The molecule has 5 heteroatoms. The van der Waals surface area contributed by atoms with Crippen LogP contribution in [0.15, 0.2) is 23.0 Å². The van der Waals surface area contributed by atoms with Gasteiger partial charge in [-0.1, -0.05) is 13.0 Å². The van der Waals surface area contributed by atoms with Crippen molar-refractivity contribution < 1.29 is 4.79 Å². The Labute approximate surface area is 119 Å². The van der Waals surface area contributed by atoms with Gasteiger partial charge in [0.25, 0.3) is 5.91 Å². The predicted octanol–water partition coefficient (Wildman–Crippen LogP) is 1.32. The number of nitrogens with one attached hydrogen (secondary N) is 1. The van der Waals surface area contributed by atoms with Crippen LogP contribution in [0.5, 0.6) is 0 Å². The third-order valence-electron chi connectivity index (χ3n) is 3.96. The number of likely N-dealkylation sites (tertiary alicyclic amines) is 1. The molecule has 0 spiro atoms. The molecule has 0 radical (unpaired) electrons. The van der Waals surface area contributed by atoms with E-state index in [0.29, 0.717) is 5.69 Å². The lowest BCUT2D eigenvalue weighted by molar-refractivity contribution is 0.0636. The molecule has 1 aromatic rings. The van der Waals surface area contributed by atoms with Gasteiger partial charge in [0.2, 0.25) is 5.56 Å². The van der Waals surface area contributed by atoms with Gasteiger partial charge in [-0.25, -0.2) is 0 Å². The molecule has 20 heavy (non-hydrogen) atoms. The zero-order valence-corrected chi connectivity index (χ0v) is 12.3. The molecule has 1 aliphatic rings. The van der Waals surface area contributed by atoms with E-state index in [1.165, 1.54) is 12.5 Å². The van der Waals surface area contributed by atoms with Crippen molar-refractivity contribution in [2.45, 2.75) is 32.2 Å². The van der Waals surface area contributed by atoms with Crippen LogP contribution in [0.25, 0.3) is 0 Å². The van der Waals surface area contributed by atoms with Gasteiger partial charge < -0.3 is 14.8 Å². The number of aromatic amines is 1. The summed E-state index contributed by atoms with van der Waals surface area (Å²) in [5, 5.41) is 0. The Morgan fingerprint density at radius 3 is 2.70 bits per heavy atom. The zero-order valence-electron chi connectivity index (χ0n) is 12.3. The van der Waals surface area contributed by atoms with Gasteiger partial charge in [-0.15, -0.1) is 0 Å². The molecule has 0 aromatic carbocycles. The van der Waals surface area contributed by atoms with E-state index >= 15 is 0 Å². The van der Waals surface area contributed by atoms with Gasteiger partial charge in [-0.2, -0.15) is 0 Å². The normalized spacial score (nSPS) is 17.1. The summed E-state index contributed by atoms with van der Waals surface area (Å²) in [6, 6.07) is 4.95. The SMILES string of the molecule is CCCN1CCC(N(C)C(=O)c2cccc(=O)[nH]2)CC1. The van der Waals surface area contributed by atoms with Gasteiger partial charge in [0.1, 0.15) is 5.69 Å². The molecule has 0 aliphatic carbocycles. The zero-order chi connectivity index (χ0) is 14.5. The average Bonchev–Trinajstić information content (AvgIpc) is 2.47. The fourth-order valence-corrected chi connectivity index (χ4v) is 2.77. The van der Waals surface area contributed by atoms with Crippen LogP contribution in [0.3, 0.4) is 0 Å². The monoisotopic (exact) mass is 277 g/mol. The number of hydrogen-bond acceptors (Lipinski definition) is 3. The number of hydrogen-bond donors (Lipinski definition) is 1. The van der Waals surface area contributed by atoms with Crippen LogP contribution in [0.2, 0.25) is 0 Å². The van der Waals surface area contributed by atoms with Crippen molar-refractivity contribution in [2.75, 3.05) is 26.7 Å². The number of carbonyl (C=O) groups excluding carboxylic acids is 1. The highest BCUT2D eigenvalue weighted by molar-refractivity contribution is 5.92. The number of aromatic nitrogens is 1. The van der Waals surface area contributed by atoms with Crippen LogP contribution in [0.4, 0.5) is 0 Å². The highest BCUT2D eigenvalue weighted by Crippen LogP contribution is 2.17. The lowest BCUT2D eigenvalue weighted by Crippen LogP contribution is -2.46. The Kier molecular flexibility index (Phi) is 4.95. The van der Waals surface area contributed by atoms with E-state index < -0.39 is 0 Å². The van der Waals surface area contributed by atoms with E-state index in [2.05, 4.69) is 16.8 Å². The van der Waals surface area contributed by atoms with E-state index in [9.17, 15) is 9.59 Å². The van der Waals surface area contributed by atoms with Crippen molar-refractivity contribution >= 4 is 5.91 Å². The molecule has 1 saturated heterocycles. The summed E-state index contributed by atoms with van der Waals surface area (Å²) < 4.78 is 0. The third-order valence-corrected chi connectivity index (χ3v) is 3.96. The number of carbonyl (C=O) groups is 1. The lowest BCUT2D eigenvalue weighted by atomic mass is 10.0. The second-order valence-electron chi connectivity index (χ2n) is 5.42. The molecule has 0 atom stereocenters. The number of rotatable bonds is 4. The standard InChI is InChI=1S/C15H23N3O2/c1-3-9-18-10-7-12(8-11-18)17(2)15(20)13-5-4-6-14(19)16-13/h4-6,12H,3,7-11H2,1-2H3,(H,16,19). The largest absolute Gasteiger partial charge is 0.337 e. The van der Waals surface area contributed by atoms with Crippen molar-refractivity contribution in [2.24, 2.45) is 0 Å². The number of amides is 1. The summed E-state index contributed by atoms with van der Waals surface area (Å²) in [4.78, 5) is 30.4. The second kappa shape index (κ2) is 6.70. The molecule has 2 rings (SSSR count). The van der Waals surface area contributed by atoms with Crippen LogP contribution in [0.1, 0.15) is 36.7 Å². The number of pyridine rings is 1. The summed E-state index contributed by atoms with van der Waals surface area (Å²) in [7, 11) is 1.83. The second-order valence-corrected chi connectivity index (χ2v) is 5.42. The number of nitrogens with zero attached hydrogens (tertiary/aromatic N) is 2. The van der Waals surface area contributed by atoms with Gasteiger partial charge in [0.05, 0.1) is 0 Å². The Morgan fingerprint density at radius 2 is 2.10 bits per heavy atom. The molecule has 5 nitrogen and oxygen atoms in total. The topological polar surface area (TPSA) is 56.4 Å². The Balaban J connectivity index is 1.96. The lowest BCUT2D eigenvalue weighted by Gasteiger charge is -2.36. The smallest absolute Gasteiger partial charge is 0.270 e. The molecule has 0 saturated carbocycles. The van der Waals surface area contributed by atoms with Gasteiger partial charge in [-0.05, 0) is 31.9 Å². The molecule has 1 N–H and O–H groups in total. The fourth-order valence-electron chi connectivity index (χ4n) is 2.77. The predicted molar refractivity (Wildman–Crippen MR) is 78.9 cm³/mol. The van der Waals surface area contributed by atoms with Crippen molar-refractivity contribution in [3.8, 4) is 0 Å². The Morgan fingerprint density at radius 1 is 1.40 bits per heavy atom. The minimum Gasteiger partial charge on any atom is -0.337 e. The van der Waals surface area contributed by atoms with Gasteiger partial charge in [0.15, 0.2) is 0 Å². The van der Waals surface area contributed by atoms with Crippen molar-refractivity contribution in [3.63, 3.8) is 0 Å². The number of piperidine rings is 1.